The lowest BCUT2D eigenvalue weighted by atomic mass is 10.1. The normalized spacial score (nSPS) is 12.9. The number of benzene rings is 3. The van der Waals surface area contributed by atoms with Crippen molar-refractivity contribution in [3.63, 3.8) is 0 Å². The third-order valence-electron chi connectivity index (χ3n) is 4.73. The first-order chi connectivity index (χ1) is 13.6. The summed E-state index contributed by atoms with van der Waals surface area (Å²) in [6, 6.07) is 22.6. The van der Waals surface area contributed by atoms with Crippen LogP contribution in [-0.4, -0.2) is 18.4 Å². The number of nitrogens with one attached hydrogen (secondary N) is 1. The Hall–Kier alpha value is -3.60. The molecular weight excluding hydrogens is 352 g/mol. The van der Waals surface area contributed by atoms with Gasteiger partial charge in [0.15, 0.2) is 6.61 Å². The van der Waals surface area contributed by atoms with Gasteiger partial charge in [0.2, 0.25) is 0 Å². The van der Waals surface area contributed by atoms with Crippen LogP contribution in [0.1, 0.15) is 21.5 Å². The van der Waals surface area contributed by atoms with Gasteiger partial charge in [-0.3, -0.25) is 9.59 Å². The van der Waals surface area contributed by atoms with Crippen LogP contribution in [0.2, 0.25) is 0 Å². The number of ether oxygens (including phenoxy) is 1. The number of amides is 2. The Morgan fingerprint density at radius 2 is 1.79 bits per heavy atom. The van der Waals surface area contributed by atoms with E-state index in [4.69, 9.17) is 4.74 Å². The summed E-state index contributed by atoms with van der Waals surface area (Å²) in [5, 5.41) is 2.90. The van der Waals surface area contributed by atoms with Crippen LogP contribution in [0.4, 0.5) is 11.4 Å². The molecule has 2 amide bonds. The highest BCUT2D eigenvalue weighted by Crippen LogP contribution is 2.35. The summed E-state index contributed by atoms with van der Waals surface area (Å²) in [6.07, 6.45) is 0. The predicted molar refractivity (Wildman–Crippen MR) is 109 cm³/mol. The van der Waals surface area contributed by atoms with Gasteiger partial charge in [0.1, 0.15) is 5.75 Å². The van der Waals surface area contributed by atoms with E-state index in [2.05, 4.69) is 5.32 Å². The lowest BCUT2D eigenvalue weighted by Crippen LogP contribution is -2.38. The minimum absolute atomic E-state index is 0.0188. The molecule has 5 heteroatoms. The second-order valence-corrected chi connectivity index (χ2v) is 6.71. The van der Waals surface area contributed by atoms with Crippen molar-refractivity contribution in [2.45, 2.75) is 13.5 Å². The first-order valence-electron chi connectivity index (χ1n) is 9.10. The minimum atomic E-state index is -0.175. The molecule has 28 heavy (non-hydrogen) atoms. The Kier molecular flexibility index (Phi) is 4.81. The van der Waals surface area contributed by atoms with Crippen LogP contribution in [0.3, 0.4) is 0 Å². The number of rotatable bonds is 4. The lowest BCUT2D eigenvalue weighted by molar-refractivity contribution is -0.121. The van der Waals surface area contributed by atoms with Gasteiger partial charge in [0.05, 0.1) is 12.2 Å². The molecule has 3 aromatic rings. The average molecular weight is 372 g/mol. The molecule has 0 saturated carbocycles. The number of carbonyl (C=O) groups excluding carboxylic acids is 2. The Morgan fingerprint density at radius 1 is 1.04 bits per heavy atom. The molecule has 1 heterocycles. The number of fused-ring (bicyclic) bond motifs is 1. The number of hydrogen-bond donors (Lipinski definition) is 1. The van der Waals surface area contributed by atoms with Gasteiger partial charge in [0, 0.05) is 17.3 Å². The van der Waals surface area contributed by atoms with Crippen molar-refractivity contribution >= 4 is 23.2 Å². The van der Waals surface area contributed by atoms with Crippen molar-refractivity contribution in [1.82, 2.24) is 0 Å². The molecule has 0 aromatic heterocycles. The summed E-state index contributed by atoms with van der Waals surface area (Å²) in [6.45, 7) is 2.36. The van der Waals surface area contributed by atoms with Gasteiger partial charge in [-0.2, -0.15) is 0 Å². The summed E-state index contributed by atoms with van der Waals surface area (Å²) in [5.41, 5.74) is 3.91. The molecule has 0 spiro atoms. The zero-order chi connectivity index (χ0) is 19.5. The van der Waals surface area contributed by atoms with Gasteiger partial charge in [-0.15, -0.1) is 0 Å². The number of anilines is 2. The first kappa shape index (κ1) is 17.8. The highest BCUT2D eigenvalue weighted by Gasteiger charge is 2.26. The predicted octanol–water partition coefficient (Wildman–Crippen LogP) is 4.17. The summed E-state index contributed by atoms with van der Waals surface area (Å²) in [7, 11) is 0. The van der Waals surface area contributed by atoms with E-state index in [1.54, 1.807) is 23.1 Å². The third-order valence-corrected chi connectivity index (χ3v) is 4.73. The van der Waals surface area contributed by atoms with E-state index in [9.17, 15) is 9.59 Å². The summed E-state index contributed by atoms with van der Waals surface area (Å²) < 4.78 is 5.61. The van der Waals surface area contributed by atoms with Crippen molar-refractivity contribution in [2.75, 3.05) is 16.8 Å². The van der Waals surface area contributed by atoms with Crippen LogP contribution in [0.5, 0.6) is 5.75 Å². The van der Waals surface area contributed by atoms with E-state index in [0.29, 0.717) is 29.2 Å². The maximum absolute atomic E-state index is 12.5. The quantitative estimate of drug-likeness (QED) is 0.748. The van der Waals surface area contributed by atoms with E-state index < -0.39 is 0 Å². The van der Waals surface area contributed by atoms with Crippen molar-refractivity contribution in [2.24, 2.45) is 0 Å². The second-order valence-electron chi connectivity index (χ2n) is 6.71. The fourth-order valence-electron chi connectivity index (χ4n) is 3.25. The van der Waals surface area contributed by atoms with Gasteiger partial charge in [0.25, 0.3) is 11.8 Å². The van der Waals surface area contributed by atoms with Crippen LogP contribution in [0.15, 0.2) is 72.8 Å². The summed E-state index contributed by atoms with van der Waals surface area (Å²) in [5.74, 6) is 0.317. The van der Waals surface area contributed by atoms with Crippen LogP contribution < -0.4 is 15.0 Å². The molecule has 0 aliphatic carbocycles. The van der Waals surface area contributed by atoms with Gasteiger partial charge in [-0.1, -0.05) is 48.5 Å². The highest BCUT2D eigenvalue weighted by molar-refractivity contribution is 6.06. The van der Waals surface area contributed by atoms with Crippen molar-refractivity contribution in [3.8, 4) is 5.75 Å². The largest absolute Gasteiger partial charge is 0.481 e. The van der Waals surface area contributed by atoms with Crippen LogP contribution in [0, 0.1) is 6.92 Å². The van der Waals surface area contributed by atoms with Crippen molar-refractivity contribution in [1.29, 1.82) is 0 Å². The Morgan fingerprint density at radius 3 is 2.57 bits per heavy atom. The van der Waals surface area contributed by atoms with Gasteiger partial charge >= 0.3 is 0 Å². The van der Waals surface area contributed by atoms with Gasteiger partial charge in [-0.05, 0) is 36.2 Å². The molecule has 140 valence electrons. The molecule has 0 unspecified atom stereocenters. The third kappa shape index (κ3) is 3.60. The van der Waals surface area contributed by atoms with E-state index in [1.807, 2.05) is 61.5 Å². The topological polar surface area (TPSA) is 58.6 Å². The maximum atomic E-state index is 12.5. The van der Waals surface area contributed by atoms with Gasteiger partial charge < -0.3 is 15.0 Å². The van der Waals surface area contributed by atoms with E-state index in [0.717, 1.165) is 11.1 Å². The highest BCUT2D eigenvalue weighted by atomic mass is 16.5. The van der Waals surface area contributed by atoms with Gasteiger partial charge in [-0.25, -0.2) is 0 Å². The summed E-state index contributed by atoms with van der Waals surface area (Å²) in [4.78, 5) is 26.6. The molecule has 0 fully saturated rings. The van der Waals surface area contributed by atoms with Crippen LogP contribution in [-0.2, 0) is 11.3 Å². The Labute approximate surface area is 163 Å². The zero-order valence-corrected chi connectivity index (χ0v) is 15.5. The molecule has 3 aromatic carbocycles. The Balaban J connectivity index is 1.57. The van der Waals surface area contributed by atoms with Crippen LogP contribution >= 0.6 is 0 Å². The standard InChI is InChI=1S/C23H20N2O3/c1-16-7-5-6-10-19(16)23(27)24-18-11-12-20-21(13-18)28-15-22(26)25(20)14-17-8-3-2-4-9-17/h2-13H,14-15H2,1H3,(H,24,27). The molecule has 1 N–H and O–H groups in total. The zero-order valence-electron chi connectivity index (χ0n) is 15.5. The molecule has 1 aliphatic heterocycles. The maximum Gasteiger partial charge on any atom is 0.265 e. The second kappa shape index (κ2) is 7.56. The van der Waals surface area contributed by atoms with E-state index in [-0.39, 0.29) is 18.4 Å². The van der Waals surface area contributed by atoms with Crippen molar-refractivity contribution < 1.29 is 14.3 Å². The number of aryl methyl sites for hydroxylation is 1. The fraction of sp³-hybridized carbons (Fsp3) is 0.130. The first-order valence-corrected chi connectivity index (χ1v) is 9.10. The lowest BCUT2D eigenvalue weighted by Gasteiger charge is -2.29. The van der Waals surface area contributed by atoms with Crippen LogP contribution in [0.25, 0.3) is 0 Å². The minimum Gasteiger partial charge on any atom is -0.481 e. The molecule has 0 radical (unpaired) electrons. The molecule has 0 bridgehead atoms. The monoisotopic (exact) mass is 372 g/mol. The molecule has 0 saturated heterocycles. The SMILES string of the molecule is Cc1ccccc1C(=O)Nc1ccc2c(c1)OCC(=O)N2Cc1ccccc1. The average Bonchev–Trinajstić information content (AvgIpc) is 2.71. The smallest absolute Gasteiger partial charge is 0.265 e. The Bertz CT molecular complexity index is 1030. The van der Waals surface area contributed by atoms with Crippen molar-refractivity contribution in [3.05, 3.63) is 89.5 Å². The molecule has 4 rings (SSSR count). The number of hydrogen-bond acceptors (Lipinski definition) is 3. The number of carbonyl (C=O) groups is 2. The summed E-state index contributed by atoms with van der Waals surface area (Å²) >= 11 is 0. The molecule has 1 aliphatic rings. The van der Waals surface area contributed by atoms with E-state index in [1.165, 1.54) is 0 Å². The molecule has 5 nitrogen and oxygen atoms in total. The number of nitrogens with zero attached hydrogens (tertiary/aromatic N) is 1. The fourth-order valence-corrected chi connectivity index (χ4v) is 3.25. The molecule has 0 atom stereocenters. The molecular formula is C23H20N2O3. The van der Waals surface area contributed by atoms with E-state index >= 15 is 0 Å².